The molecule has 0 saturated carbocycles. The average molecular weight is 243 g/mol. The largest absolute Gasteiger partial charge is 0.507 e. The minimum absolute atomic E-state index is 0.0634. The van der Waals surface area contributed by atoms with Crippen molar-refractivity contribution >= 4 is 11.7 Å². The zero-order chi connectivity index (χ0) is 13.5. The predicted molar refractivity (Wildman–Crippen MR) is 62.4 cm³/mol. The number of nitrogens with one attached hydrogen (secondary N) is 1. The van der Waals surface area contributed by atoms with Crippen molar-refractivity contribution in [2.45, 2.75) is 0 Å². The monoisotopic (exact) mass is 243 g/mol. The van der Waals surface area contributed by atoms with Crippen LogP contribution in [0.5, 0.6) is 5.75 Å². The Kier molecular flexibility index (Phi) is 4.30. The van der Waals surface area contributed by atoms with Gasteiger partial charge in [-0.2, -0.15) is 10.5 Å². The van der Waals surface area contributed by atoms with E-state index in [1.807, 2.05) is 0 Å². The van der Waals surface area contributed by atoms with E-state index in [1.54, 1.807) is 12.1 Å². The Bertz CT molecular complexity index is 563. The summed E-state index contributed by atoms with van der Waals surface area (Å²) in [6, 6.07) is 7.67. The summed E-state index contributed by atoms with van der Waals surface area (Å²) in [4.78, 5) is 11.5. The third-order valence-electron chi connectivity index (χ3n) is 2.04. The number of allylic oxidation sites excluding steroid dienone is 1. The third kappa shape index (κ3) is 2.77. The number of carbonyl (C=O) groups is 1. The maximum absolute atomic E-state index is 11.5. The van der Waals surface area contributed by atoms with Crippen LogP contribution in [0.2, 0.25) is 0 Å². The second kappa shape index (κ2) is 5.92. The zero-order valence-corrected chi connectivity index (χ0v) is 9.47. The lowest BCUT2D eigenvalue weighted by molar-refractivity contribution is 0.0598. The van der Waals surface area contributed by atoms with Crippen LogP contribution in [-0.2, 0) is 4.74 Å². The Morgan fingerprint density at radius 3 is 2.67 bits per heavy atom. The highest BCUT2D eigenvalue weighted by Crippen LogP contribution is 2.26. The number of anilines is 1. The van der Waals surface area contributed by atoms with Crippen molar-refractivity contribution in [3.63, 3.8) is 0 Å². The van der Waals surface area contributed by atoms with Gasteiger partial charge in [0.05, 0.1) is 12.8 Å². The Balaban J connectivity index is 3.15. The fourth-order valence-corrected chi connectivity index (χ4v) is 1.22. The van der Waals surface area contributed by atoms with Crippen LogP contribution in [0.25, 0.3) is 0 Å². The molecule has 1 aromatic rings. The molecule has 0 radical (unpaired) electrons. The molecule has 0 aliphatic heterocycles. The van der Waals surface area contributed by atoms with Gasteiger partial charge in [-0.15, -0.1) is 0 Å². The first-order chi connectivity index (χ1) is 8.63. The smallest absolute Gasteiger partial charge is 0.343 e. The number of phenols is 1. The first kappa shape index (κ1) is 13.1. The molecule has 0 bridgehead atoms. The van der Waals surface area contributed by atoms with Crippen molar-refractivity contribution in [3.8, 4) is 17.9 Å². The lowest BCUT2D eigenvalue weighted by Gasteiger charge is -2.08. The number of methoxy groups -OCH3 is 1. The first-order valence-corrected chi connectivity index (χ1v) is 4.81. The van der Waals surface area contributed by atoms with E-state index >= 15 is 0 Å². The molecule has 0 aliphatic carbocycles. The van der Waals surface area contributed by atoms with Crippen molar-refractivity contribution in [2.75, 3.05) is 12.4 Å². The van der Waals surface area contributed by atoms with Gasteiger partial charge in [-0.05, 0) is 12.1 Å². The van der Waals surface area contributed by atoms with Crippen molar-refractivity contribution in [1.29, 1.82) is 10.5 Å². The number of rotatable bonds is 3. The fourth-order valence-electron chi connectivity index (χ4n) is 1.22. The number of phenolic OH excluding ortho intramolecular Hbond substituents is 1. The molecule has 0 unspecified atom stereocenters. The van der Waals surface area contributed by atoms with Gasteiger partial charge in [-0.1, -0.05) is 6.07 Å². The molecule has 6 nitrogen and oxygen atoms in total. The van der Waals surface area contributed by atoms with Crippen LogP contribution in [0.3, 0.4) is 0 Å². The number of hydrogen-bond donors (Lipinski definition) is 2. The van der Waals surface area contributed by atoms with Crippen LogP contribution < -0.4 is 5.32 Å². The number of carbonyl (C=O) groups excluding carboxylic acids is 1. The van der Waals surface area contributed by atoms with E-state index in [1.165, 1.54) is 25.3 Å². The SMILES string of the molecule is COC(=O)c1c(O)cccc1NC=C(C#N)C#N. The number of hydrogen-bond acceptors (Lipinski definition) is 6. The van der Waals surface area contributed by atoms with Gasteiger partial charge in [0.25, 0.3) is 0 Å². The third-order valence-corrected chi connectivity index (χ3v) is 2.04. The molecule has 0 fully saturated rings. The van der Waals surface area contributed by atoms with E-state index in [4.69, 9.17) is 10.5 Å². The van der Waals surface area contributed by atoms with Crippen molar-refractivity contribution < 1.29 is 14.6 Å². The molecule has 0 saturated heterocycles. The number of esters is 1. The normalized spacial score (nSPS) is 8.61. The van der Waals surface area contributed by atoms with Gasteiger partial charge < -0.3 is 15.2 Å². The van der Waals surface area contributed by atoms with Crippen molar-refractivity contribution in [1.82, 2.24) is 0 Å². The number of nitriles is 2. The first-order valence-electron chi connectivity index (χ1n) is 4.81. The molecule has 1 aromatic carbocycles. The maximum atomic E-state index is 11.5. The standard InChI is InChI=1S/C12H9N3O3/c1-18-12(17)11-9(3-2-4-10(11)16)15-7-8(5-13)6-14/h2-4,7,15-16H,1H3. The Labute approximate surface area is 103 Å². The molecule has 0 aliphatic rings. The zero-order valence-electron chi connectivity index (χ0n) is 9.47. The van der Waals surface area contributed by atoms with Crippen LogP contribution in [0.4, 0.5) is 5.69 Å². The summed E-state index contributed by atoms with van der Waals surface area (Å²) >= 11 is 0. The number of ether oxygens (including phenoxy) is 1. The number of benzene rings is 1. The van der Waals surface area contributed by atoms with Crippen LogP contribution in [0, 0.1) is 22.7 Å². The fraction of sp³-hybridized carbons (Fsp3) is 0.0833. The highest BCUT2D eigenvalue weighted by molar-refractivity contribution is 5.98. The molecule has 0 atom stereocenters. The molecular formula is C12H9N3O3. The minimum atomic E-state index is -0.723. The lowest BCUT2D eigenvalue weighted by Crippen LogP contribution is -2.06. The van der Waals surface area contributed by atoms with E-state index in [0.29, 0.717) is 0 Å². The molecule has 0 heterocycles. The van der Waals surface area contributed by atoms with Gasteiger partial charge in [0, 0.05) is 6.20 Å². The molecule has 6 heteroatoms. The number of nitrogens with zero attached hydrogens (tertiary/aromatic N) is 2. The van der Waals surface area contributed by atoms with Crippen LogP contribution in [0.15, 0.2) is 30.0 Å². The predicted octanol–water partition coefficient (Wildman–Crippen LogP) is 1.52. The van der Waals surface area contributed by atoms with Gasteiger partial charge in [0.15, 0.2) is 0 Å². The molecule has 0 spiro atoms. The van der Waals surface area contributed by atoms with Gasteiger partial charge in [0.2, 0.25) is 0 Å². The quantitative estimate of drug-likeness (QED) is 0.615. The molecule has 0 amide bonds. The maximum Gasteiger partial charge on any atom is 0.343 e. The van der Waals surface area contributed by atoms with E-state index in [0.717, 1.165) is 6.20 Å². The van der Waals surface area contributed by atoms with E-state index in [9.17, 15) is 9.90 Å². The van der Waals surface area contributed by atoms with Gasteiger partial charge in [0.1, 0.15) is 29.0 Å². The molecule has 90 valence electrons. The Morgan fingerprint density at radius 1 is 1.44 bits per heavy atom. The van der Waals surface area contributed by atoms with Crippen LogP contribution >= 0.6 is 0 Å². The van der Waals surface area contributed by atoms with Crippen molar-refractivity contribution in [3.05, 3.63) is 35.5 Å². The summed E-state index contributed by atoms with van der Waals surface area (Å²) in [5.74, 6) is -0.977. The molecule has 1 rings (SSSR count). The number of aromatic hydroxyl groups is 1. The summed E-state index contributed by atoms with van der Waals surface area (Å²) in [5, 5.41) is 29.3. The Hall–Kier alpha value is -2.99. The van der Waals surface area contributed by atoms with E-state index < -0.39 is 5.97 Å². The Morgan fingerprint density at radius 2 is 2.11 bits per heavy atom. The van der Waals surface area contributed by atoms with E-state index in [2.05, 4.69) is 10.1 Å². The van der Waals surface area contributed by atoms with Gasteiger partial charge >= 0.3 is 5.97 Å². The van der Waals surface area contributed by atoms with E-state index in [-0.39, 0.29) is 22.6 Å². The second-order valence-electron chi connectivity index (χ2n) is 3.12. The molecule has 0 aromatic heterocycles. The topological polar surface area (TPSA) is 106 Å². The average Bonchev–Trinajstić information content (AvgIpc) is 2.39. The lowest BCUT2D eigenvalue weighted by atomic mass is 10.1. The van der Waals surface area contributed by atoms with Crippen LogP contribution in [-0.4, -0.2) is 18.2 Å². The molecule has 18 heavy (non-hydrogen) atoms. The highest BCUT2D eigenvalue weighted by Gasteiger charge is 2.16. The van der Waals surface area contributed by atoms with Gasteiger partial charge in [-0.3, -0.25) is 0 Å². The van der Waals surface area contributed by atoms with Crippen LogP contribution in [0.1, 0.15) is 10.4 Å². The summed E-state index contributed by atoms with van der Waals surface area (Å²) in [6.07, 6.45) is 1.14. The second-order valence-corrected chi connectivity index (χ2v) is 3.12. The summed E-state index contributed by atoms with van der Waals surface area (Å²) < 4.78 is 4.53. The minimum Gasteiger partial charge on any atom is -0.507 e. The summed E-state index contributed by atoms with van der Waals surface area (Å²) in [6.45, 7) is 0. The van der Waals surface area contributed by atoms with Crippen molar-refractivity contribution in [2.24, 2.45) is 0 Å². The molecular weight excluding hydrogens is 234 g/mol. The summed E-state index contributed by atoms with van der Waals surface area (Å²) in [7, 11) is 1.18. The molecule has 2 N–H and O–H groups in total. The summed E-state index contributed by atoms with van der Waals surface area (Å²) in [5.41, 5.74) is 0.0190. The highest BCUT2D eigenvalue weighted by atomic mass is 16.5. The van der Waals surface area contributed by atoms with Gasteiger partial charge in [-0.25, -0.2) is 4.79 Å².